The van der Waals surface area contributed by atoms with Crippen molar-refractivity contribution in [2.24, 2.45) is 5.73 Å². The van der Waals surface area contributed by atoms with Gasteiger partial charge in [0.15, 0.2) is 0 Å². The number of anilines is 1. The molecule has 0 amide bonds. The molecule has 0 spiro atoms. The highest BCUT2D eigenvalue weighted by Crippen LogP contribution is 2.28. The SMILES string of the molecule is CC(C)N(CCCO)c1ccc(C(N)=S)cc1Cl. The second kappa shape index (κ2) is 6.92. The molecule has 0 bridgehead atoms. The number of hydrogen-bond acceptors (Lipinski definition) is 3. The average Bonchev–Trinajstić information content (AvgIpc) is 2.30. The molecule has 0 fully saturated rings. The van der Waals surface area contributed by atoms with Gasteiger partial charge in [0.25, 0.3) is 0 Å². The Bertz CT molecular complexity index is 423. The van der Waals surface area contributed by atoms with E-state index < -0.39 is 0 Å². The number of nitrogens with zero attached hydrogens (tertiary/aromatic N) is 1. The van der Waals surface area contributed by atoms with Crippen molar-refractivity contribution < 1.29 is 5.11 Å². The standard InChI is InChI=1S/C13H19ClN2OS/c1-9(2)16(6-3-7-17)12-5-4-10(13(15)18)8-11(12)14/h4-5,8-9,17H,3,6-7H2,1-2H3,(H2,15,18). The van der Waals surface area contributed by atoms with Gasteiger partial charge in [0.2, 0.25) is 0 Å². The van der Waals surface area contributed by atoms with Crippen molar-refractivity contribution in [3.05, 3.63) is 28.8 Å². The molecule has 0 atom stereocenters. The molecule has 3 nitrogen and oxygen atoms in total. The first-order valence-electron chi connectivity index (χ1n) is 5.94. The minimum absolute atomic E-state index is 0.172. The predicted octanol–water partition coefficient (Wildman–Crippen LogP) is 2.57. The number of nitrogens with two attached hydrogens (primary N) is 1. The molecule has 18 heavy (non-hydrogen) atoms. The molecule has 1 aromatic carbocycles. The molecule has 1 aromatic rings. The van der Waals surface area contributed by atoms with Crippen LogP contribution in [0.2, 0.25) is 5.02 Å². The third-order valence-electron chi connectivity index (χ3n) is 2.72. The Balaban J connectivity index is 3.01. The van der Waals surface area contributed by atoms with Crippen LogP contribution < -0.4 is 10.6 Å². The Morgan fingerprint density at radius 3 is 2.61 bits per heavy atom. The van der Waals surface area contributed by atoms with E-state index in [4.69, 9.17) is 34.7 Å². The molecule has 0 unspecified atom stereocenters. The zero-order valence-electron chi connectivity index (χ0n) is 10.7. The number of aliphatic hydroxyl groups excluding tert-OH is 1. The third kappa shape index (κ3) is 3.83. The van der Waals surface area contributed by atoms with Crippen LogP contribution in [0.1, 0.15) is 25.8 Å². The number of aliphatic hydroxyl groups is 1. The van der Waals surface area contributed by atoms with Gasteiger partial charge in [-0.15, -0.1) is 0 Å². The molecule has 0 aromatic heterocycles. The minimum atomic E-state index is 0.172. The fourth-order valence-electron chi connectivity index (χ4n) is 1.79. The lowest BCUT2D eigenvalue weighted by atomic mass is 10.1. The maximum Gasteiger partial charge on any atom is 0.104 e. The van der Waals surface area contributed by atoms with Crippen LogP contribution in [0.3, 0.4) is 0 Å². The van der Waals surface area contributed by atoms with Crippen LogP contribution in [-0.4, -0.2) is 29.3 Å². The minimum Gasteiger partial charge on any atom is -0.396 e. The first-order chi connectivity index (χ1) is 8.47. The zero-order chi connectivity index (χ0) is 13.7. The van der Waals surface area contributed by atoms with Crippen LogP contribution in [0.25, 0.3) is 0 Å². The summed E-state index contributed by atoms with van der Waals surface area (Å²) in [5, 5.41) is 9.57. The van der Waals surface area contributed by atoms with E-state index in [1.54, 1.807) is 6.07 Å². The molecule has 0 radical (unpaired) electrons. The van der Waals surface area contributed by atoms with E-state index >= 15 is 0 Å². The highest BCUT2D eigenvalue weighted by Gasteiger charge is 2.14. The second-order valence-corrected chi connectivity index (χ2v) is 5.24. The molecule has 0 aliphatic carbocycles. The van der Waals surface area contributed by atoms with Crippen LogP contribution in [0.15, 0.2) is 18.2 Å². The van der Waals surface area contributed by atoms with Gasteiger partial charge in [-0.3, -0.25) is 0 Å². The molecular weight excluding hydrogens is 268 g/mol. The maximum atomic E-state index is 8.94. The van der Waals surface area contributed by atoms with Gasteiger partial charge in [0.1, 0.15) is 4.99 Å². The van der Waals surface area contributed by atoms with E-state index in [1.807, 2.05) is 12.1 Å². The van der Waals surface area contributed by atoms with Crippen molar-refractivity contribution in [3.63, 3.8) is 0 Å². The van der Waals surface area contributed by atoms with Crippen LogP contribution in [0.4, 0.5) is 5.69 Å². The molecule has 5 heteroatoms. The van der Waals surface area contributed by atoms with Gasteiger partial charge in [0.05, 0.1) is 10.7 Å². The van der Waals surface area contributed by atoms with Crippen molar-refractivity contribution in [2.45, 2.75) is 26.3 Å². The number of thiocarbonyl (C=S) groups is 1. The van der Waals surface area contributed by atoms with Crippen LogP contribution in [0.5, 0.6) is 0 Å². The van der Waals surface area contributed by atoms with E-state index in [0.29, 0.717) is 22.5 Å². The van der Waals surface area contributed by atoms with E-state index in [2.05, 4.69) is 18.7 Å². The Morgan fingerprint density at radius 1 is 1.50 bits per heavy atom. The van der Waals surface area contributed by atoms with E-state index in [1.165, 1.54) is 0 Å². The summed E-state index contributed by atoms with van der Waals surface area (Å²) in [5.74, 6) is 0. The summed E-state index contributed by atoms with van der Waals surface area (Å²) in [5.41, 5.74) is 7.29. The lowest BCUT2D eigenvalue weighted by molar-refractivity contribution is 0.288. The third-order valence-corrected chi connectivity index (χ3v) is 3.26. The van der Waals surface area contributed by atoms with Gasteiger partial charge in [-0.2, -0.15) is 0 Å². The quantitative estimate of drug-likeness (QED) is 0.789. The van der Waals surface area contributed by atoms with Crippen molar-refractivity contribution in [1.29, 1.82) is 0 Å². The van der Waals surface area contributed by atoms with Gasteiger partial charge in [0, 0.05) is 24.8 Å². The highest BCUT2D eigenvalue weighted by atomic mass is 35.5. The van der Waals surface area contributed by atoms with Crippen LogP contribution in [-0.2, 0) is 0 Å². The van der Waals surface area contributed by atoms with Crippen LogP contribution in [0, 0.1) is 0 Å². The van der Waals surface area contributed by atoms with E-state index in [0.717, 1.165) is 17.8 Å². The molecule has 0 aliphatic rings. The molecule has 3 N–H and O–H groups in total. The lowest BCUT2D eigenvalue weighted by Crippen LogP contribution is -2.32. The first kappa shape index (κ1) is 15.2. The lowest BCUT2D eigenvalue weighted by Gasteiger charge is -2.30. The topological polar surface area (TPSA) is 49.5 Å². The van der Waals surface area contributed by atoms with Gasteiger partial charge in [-0.1, -0.05) is 23.8 Å². The molecule has 1 rings (SSSR count). The average molecular weight is 287 g/mol. The summed E-state index contributed by atoms with van der Waals surface area (Å²) in [4.78, 5) is 2.50. The first-order valence-corrected chi connectivity index (χ1v) is 6.72. The molecule has 0 saturated carbocycles. The molecule has 100 valence electrons. The number of benzene rings is 1. The van der Waals surface area contributed by atoms with Gasteiger partial charge < -0.3 is 15.7 Å². The molecule has 0 saturated heterocycles. The maximum absolute atomic E-state index is 8.94. The number of halogens is 1. The predicted molar refractivity (Wildman–Crippen MR) is 81.5 cm³/mol. The largest absolute Gasteiger partial charge is 0.396 e. The summed E-state index contributed by atoms with van der Waals surface area (Å²) < 4.78 is 0. The van der Waals surface area contributed by atoms with Crippen molar-refractivity contribution in [2.75, 3.05) is 18.1 Å². The van der Waals surface area contributed by atoms with Crippen molar-refractivity contribution in [1.82, 2.24) is 0 Å². The number of rotatable bonds is 6. The monoisotopic (exact) mass is 286 g/mol. The number of hydrogen-bond donors (Lipinski definition) is 2. The van der Waals surface area contributed by atoms with E-state index in [9.17, 15) is 0 Å². The Kier molecular flexibility index (Phi) is 5.85. The van der Waals surface area contributed by atoms with E-state index in [-0.39, 0.29) is 6.61 Å². The summed E-state index contributed by atoms with van der Waals surface area (Å²) in [6.07, 6.45) is 0.714. The molecular formula is C13H19ClN2OS. The smallest absolute Gasteiger partial charge is 0.104 e. The summed E-state index contributed by atoms with van der Waals surface area (Å²) >= 11 is 11.2. The van der Waals surface area contributed by atoms with Gasteiger partial charge in [-0.05, 0) is 38.5 Å². The van der Waals surface area contributed by atoms with Crippen molar-refractivity contribution >= 4 is 34.5 Å². The van der Waals surface area contributed by atoms with Crippen molar-refractivity contribution in [3.8, 4) is 0 Å². The summed E-state index contributed by atoms with van der Waals surface area (Å²) in [6, 6.07) is 5.89. The van der Waals surface area contributed by atoms with Gasteiger partial charge in [-0.25, -0.2) is 0 Å². The Hall–Kier alpha value is -0.840. The summed E-state index contributed by atoms with van der Waals surface area (Å²) in [6.45, 7) is 5.12. The molecule has 0 heterocycles. The Labute approximate surface area is 119 Å². The fraction of sp³-hybridized carbons (Fsp3) is 0.462. The zero-order valence-corrected chi connectivity index (χ0v) is 12.3. The fourth-order valence-corrected chi connectivity index (χ4v) is 2.21. The normalized spacial score (nSPS) is 10.7. The highest BCUT2D eigenvalue weighted by molar-refractivity contribution is 7.80. The molecule has 0 aliphatic heterocycles. The van der Waals surface area contributed by atoms with Crippen LogP contribution >= 0.6 is 23.8 Å². The second-order valence-electron chi connectivity index (χ2n) is 4.39. The Morgan fingerprint density at radius 2 is 2.17 bits per heavy atom. The summed E-state index contributed by atoms with van der Waals surface area (Å²) in [7, 11) is 0. The van der Waals surface area contributed by atoms with Gasteiger partial charge >= 0.3 is 0 Å².